The van der Waals surface area contributed by atoms with Crippen LogP contribution in [0.2, 0.25) is 0 Å². The van der Waals surface area contributed by atoms with Crippen molar-refractivity contribution in [3.63, 3.8) is 0 Å². The molecule has 1 N–H and O–H groups in total. The zero-order valence-electron chi connectivity index (χ0n) is 11.9. The van der Waals surface area contributed by atoms with E-state index in [2.05, 4.69) is 18.3 Å². The Morgan fingerprint density at radius 2 is 1.90 bits per heavy atom. The first-order valence-electron chi connectivity index (χ1n) is 6.92. The molecule has 3 heteroatoms. The van der Waals surface area contributed by atoms with Gasteiger partial charge in [0.2, 0.25) is 0 Å². The van der Waals surface area contributed by atoms with Crippen molar-refractivity contribution >= 4 is 0 Å². The van der Waals surface area contributed by atoms with Gasteiger partial charge in [-0.05, 0) is 61.3 Å². The molecule has 0 saturated carbocycles. The summed E-state index contributed by atoms with van der Waals surface area (Å²) in [5, 5.41) is 3.35. The van der Waals surface area contributed by atoms with Crippen LogP contribution in [0.15, 0.2) is 42.5 Å². The predicted octanol–water partition coefficient (Wildman–Crippen LogP) is 4.43. The van der Waals surface area contributed by atoms with Crippen LogP contribution < -0.4 is 10.1 Å². The number of benzene rings is 2. The molecule has 0 aliphatic carbocycles. The van der Waals surface area contributed by atoms with Crippen LogP contribution in [0.4, 0.5) is 4.39 Å². The molecule has 0 heterocycles. The minimum absolute atomic E-state index is 0.213. The van der Waals surface area contributed by atoms with E-state index in [1.54, 1.807) is 19.1 Å². The number of halogens is 1. The first kappa shape index (κ1) is 14.5. The van der Waals surface area contributed by atoms with Crippen LogP contribution in [0, 0.1) is 12.7 Å². The Hall–Kier alpha value is -1.87. The van der Waals surface area contributed by atoms with Crippen LogP contribution in [0.3, 0.4) is 0 Å². The van der Waals surface area contributed by atoms with Gasteiger partial charge in [0, 0.05) is 6.54 Å². The lowest BCUT2D eigenvalue weighted by molar-refractivity contribution is 0.478. The van der Waals surface area contributed by atoms with E-state index in [1.807, 2.05) is 18.2 Å². The summed E-state index contributed by atoms with van der Waals surface area (Å²) in [5.41, 5.74) is 1.76. The fourth-order valence-electron chi connectivity index (χ4n) is 1.95. The summed E-state index contributed by atoms with van der Waals surface area (Å²) in [6.45, 7) is 5.70. The molecule has 106 valence electrons. The van der Waals surface area contributed by atoms with E-state index in [-0.39, 0.29) is 5.82 Å². The number of rotatable bonds is 6. The molecule has 0 aliphatic heterocycles. The van der Waals surface area contributed by atoms with Crippen LogP contribution in [-0.4, -0.2) is 6.54 Å². The molecule has 2 nitrogen and oxygen atoms in total. The Balaban J connectivity index is 2.05. The molecule has 0 spiro atoms. The van der Waals surface area contributed by atoms with Gasteiger partial charge in [-0.2, -0.15) is 0 Å². The molecule has 2 rings (SSSR count). The van der Waals surface area contributed by atoms with Crippen molar-refractivity contribution in [3.05, 3.63) is 59.4 Å². The molecule has 0 radical (unpaired) electrons. The van der Waals surface area contributed by atoms with Crippen molar-refractivity contribution in [3.8, 4) is 11.5 Å². The Labute approximate surface area is 119 Å². The number of ether oxygens (including phenoxy) is 1. The second-order valence-corrected chi connectivity index (χ2v) is 4.84. The van der Waals surface area contributed by atoms with Gasteiger partial charge in [-0.15, -0.1) is 0 Å². The molecule has 0 saturated heterocycles. The third-order valence-electron chi connectivity index (χ3n) is 3.02. The summed E-state index contributed by atoms with van der Waals surface area (Å²) in [4.78, 5) is 0. The van der Waals surface area contributed by atoms with E-state index in [0.29, 0.717) is 11.3 Å². The van der Waals surface area contributed by atoms with Crippen molar-refractivity contribution in [1.82, 2.24) is 5.32 Å². The average molecular weight is 273 g/mol. The first-order chi connectivity index (χ1) is 9.69. The minimum Gasteiger partial charge on any atom is -0.457 e. The lowest BCUT2D eigenvalue weighted by Crippen LogP contribution is -2.13. The molecule has 0 atom stereocenters. The monoisotopic (exact) mass is 273 g/mol. The van der Waals surface area contributed by atoms with Crippen LogP contribution in [0.25, 0.3) is 0 Å². The van der Waals surface area contributed by atoms with Crippen molar-refractivity contribution in [2.45, 2.75) is 26.8 Å². The highest BCUT2D eigenvalue weighted by molar-refractivity contribution is 5.36. The molecule has 0 amide bonds. The van der Waals surface area contributed by atoms with Gasteiger partial charge < -0.3 is 10.1 Å². The highest BCUT2D eigenvalue weighted by Crippen LogP contribution is 2.24. The fraction of sp³-hybridized carbons (Fsp3) is 0.294. The Morgan fingerprint density at radius 1 is 1.10 bits per heavy atom. The van der Waals surface area contributed by atoms with Gasteiger partial charge in [-0.1, -0.05) is 19.1 Å². The number of hydrogen-bond donors (Lipinski definition) is 1. The molecule has 0 bridgehead atoms. The van der Waals surface area contributed by atoms with Gasteiger partial charge in [-0.25, -0.2) is 4.39 Å². The van der Waals surface area contributed by atoms with Gasteiger partial charge in [-0.3, -0.25) is 0 Å². The lowest BCUT2D eigenvalue weighted by Gasteiger charge is -2.09. The standard InChI is InChI=1S/C17H20FNO/c1-3-9-19-12-14-5-4-6-15(11-14)20-16-7-8-17(18)13(2)10-16/h4-8,10-11,19H,3,9,12H2,1-2H3. The second-order valence-electron chi connectivity index (χ2n) is 4.84. The molecule has 0 fully saturated rings. The molecular weight excluding hydrogens is 253 g/mol. The van der Waals surface area contributed by atoms with E-state index >= 15 is 0 Å². The van der Waals surface area contributed by atoms with Crippen molar-refractivity contribution in [1.29, 1.82) is 0 Å². The third kappa shape index (κ3) is 4.07. The predicted molar refractivity (Wildman–Crippen MR) is 79.7 cm³/mol. The Bertz CT molecular complexity index is 569. The average Bonchev–Trinajstić information content (AvgIpc) is 2.44. The van der Waals surface area contributed by atoms with Gasteiger partial charge in [0.25, 0.3) is 0 Å². The van der Waals surface area contributed by atoms with E-state index in [0.717, 1.165) is 25.3 Å². The molecule has 20 heavy (non-hydrogen) atoms. The zero-order chi connectivity index (χ0) is 14.4. The maximum atomic E-state index is 13.2. The Kier molecular flexibility index (Phi) is 5.13. The van der Waals surface area contributed by atoms with Gasteiger partial charge >= 0.3 is 0 Å². The number of hydrogen-bond acceptors (Lipinski definition) is 2. The second kappa shape index (κ2) is 7.06. The molecular formula is C17H20FNO. The largest absolute Gasteiger partial charge is 0.457 e. The highest BCUT2D eigenvalue weighted by Gasteiger charge is 2.02. The molecule has 2 aromatic rings. The van der Waals surface area contributed by atoms with E-state index in [9.17, 15) is 4.39 Å². The van der Waals surface area contributed by atoms with Crippen molar-refractivity contribution in [2.75, 3.05) is 6.54 Å². The number of aryl methyl sites for hydroxylation is 1. The van der Waals surface area contributed by atoms with E-state index < -0.39 is 0 Å². The molecule has 0 unspecified atom stereocenters. The normalized spacial score (nSPS) is 10.6. The summed E-state index contributed by atoms with van der Waals surface area (Å²) in [6, 6.07) is 12.7. The summed E-state index contributed by atoms with van der Waals surface area (Å²) in [7, 11) is 0. The summed E-state index contributed by atoms with van der Waals surface area (Å²) in [6.07, 6.45) is 1.12. The van der Waals surface area contributed by atoms with Crippen LogP contribution in [0.5, 0.6) is 11.5 Å². The Morgan fingerprint density at radius 3 is 2.65 bits per heavy atom. The summed E-state index contributed by atoms with van der Waals surface area (Å²) in [5.74, 6) is 1.21. The SMILES string of the molecule is CCCNCc1cccc(Oc2ccc(F)c(C)c2)c1. The number of nitrogens with one attached hydrogen (secondary N) is 1. The smallest absolute Gasteiger partial charge is 0.127 e. The van der Waals surface area contributed by atoms with Crippen LogP contribution in [0.1, 0.15) is 24.5 Å². The summed E-state index contributed by atoms with van der Waals surface area (Å²) >= 11 is 0. The van der Waals surface area contributed by atoms with E-state index in [1.165, 1.54) is 11.6 Å². The fourth-order valence-corrected chi connectivity index (χ4v) is 1.95. The molecule has 0 aromatic heterocycles. The van der Waals surface area contributed by atoms with Crippen LogP contribution in [-0.2, 0) is 6.54 Å². The third-order valence-corrected chi connectivity index (χ3v) is 3.02. The van der Waals surface area contributed by atoms with Crippen molar-refractivity contribution in [2.24, 2.45) is 0 Å². The van der Waals surface area contributed by atoms with Gasteiger partial charge in [0.1, 0.15) is 17.3 Å². The quantitative estimate of drug-likeness (QED) is 0.786. The maximum Gasteiger partial charge on any atom is 0.127 e. The first-order valence-corrected chi connectivity index (χ1v) is 6.92. The minimum atomic E-state index is -0.213. The summed E-state index contributed by atoms with van der Waals surface area (Å²) < 4.78 is 19.0. The maximum absolute atomic E-state index is 13.2. The van der Waals surface area contributed by atoms with E-state index in [4.69, 9.17) is 4.74 Å². The lowest BCUT2D eigenvalue weighted by atomic mass is 10.2. The van der Waals surface area contributed by atoms with Gasteiger partial charge in [0.05, 0.1) is 0 Å². The van der Waals surface area contributed by atoms with Crippen molar-refractivity contribution < 1.29 is 9.13 Å². The molecule has 0 aliphatic rings. The topological polar surface area (TPSA) is 21.3 Å². The van der Waals surface area contributed by atoms with Gasteiger partial charge in [0.15, 0.2) is 0 Å². The molecule has 2 aromatic carbocycles. The van der Waals surface area contributed by atoms with Crippen LogP contribution >= 0.6 is 0 Å². The zero-order valence-corrected chi connectivity index (χ0v) is 11.9. The highest BCUT2D eigenvalue weighted by atomic mass is 19.1.